The topological polar surface area (TPSA) is 71.5 Å². The molecule has 2 rings (SSSR count). The summed E-state index contributed by atoms with van der Waals surface area (Å²) in [5.41, 5.74) is 0. The summed E-state index contributed by atoms with van der Waals surface area (Å²) in [7, 11) is -6.82. The molecule has 0 saturated carbocycles. The molecule has 1 heterocycles. The molecule has 1 unspecified atom stereocenters. The number of nitrogens with zero attached hydrogens (tertiary/aromatic N) is 1. The Morgan fingerprint density at radius 3 is 2.35 bits per heavy atom. The maximum absolute atomic E-state index is 12.6. The molecule has 0 aromatic heterocycles. The Bertz CT molecular complexity index is 683. The largest absolute Gasteiger partial charge is 0.243 e. The van der Waals surface area contributed by atoms with Crippen LogP contribution < -0.4 is 0 Å². The van der Waals surface area contributed by atoms with Gasteiger partial charge in [-0.1, -0.05) is 18.5 Å². The first-order valence-corrected chi connectivity index (χ1v) is 9.88. The van der Waals surface area contributed by atoms with Crippen molar-refractivity contribution in [1.82, 2.24) is 4.31 Å². The second-order valence-electron chi connectivity index (χ2n) is 4.72. The van der Waals surface area contributed by atoms with Crippen LogP contribution >= 0.6 is 11.6 Å². The molecule has 1 aromatic carbocycles. The van der Waals surface area contributed by atoms with Crippen molar-refractivity contribution in [2.75, 3.05) is 18.1 Å². The molecule has 0 amide bonds. The van der Waals surface area contributed by atoms with Gasteiger partial charge in [-0.2, -0.15) is 4.31 Å². The summed E-state index contributed by atoms with van der Waals surface area (Å²) in [6.45, 7) is 1.95. The van der Waals surface area contributed by atoms with E-state index in [1.165, 1.54) is 28.6 Å². The van der Waals surface area contributed by atoms with E-state index in [1.807, 2.05) is 0 Å². The minimum absolute atomic E-state index is 0.0459. The molecule has 1 aromatic rings. The highest BCUT2D eigenvalue weighted by Crippen LogP contribution is 2.25. The van der Waals surface area contributed by atoms with E-state index in [0.717, 1.165) is 0 Å². The number of benzene rings is 1. The van der Waals surface area contributed by atoms with Gasteiger partial charge in [-0.3, -0.25) is 0 Å². The molecule has 5 nitrogen and oxygen atoms in total. The Balaban J connectivity index is 2.33. The predicted octanol–water partition coefficient (Wildman–Crippen LogP) is 1.54. The van der Waals surface area contributed by atoms with Crippen molar-refractivity contribution in [2.24, 2.45) is 0 Å². The summed E-state index contributed by atoms with van der Waals surface area (Å²) in [5, 5.41) is 0.454. The number of rotatable bonds is 4. The van der Waals surface area contributed by atoms with Crippen molar-refractivity contribution in [3.8, 4) is 0 Å². The van der Waals surface area contributed by atoms with Crippen LogP contribution in [0.15, 0.2) is 29.2 Å². The van der Waals surface area contributed by atoms with E-state index < -0.39 is 25.9 Å². The van der Waals surface area contributed by atoms with Gasteiger partial charge in [-0.15, -0.1) is 0 Å². The second kappa shape index (κ2) is 5.63. The van der Waals surface area contributed by atoms with E-state index in [9.17, 15) is 16.8 Å². The van der Waals surface area contributed by atoms with Crippen LogP contribution in [0.25, 0.3) is 0 Å². The lowest BCUT2D eigenvalue weighted by Crippen LogP contribution is -2.40. The Hall–Kier alpha value is -0.630. The third kappa shape index (κ3) is 3.16. The summed E-state index contributed by atoms with van der Waals surface area (Å²) in [6.07, 6.45) is 0.350. The summed E-state index contributed by atoms with van der Waals surface area (Å²) in [6, 6.07) is 5.40. The van der Waals surface area contributed by atoms with E-state index in [-0.39, 0.29) is 22.9 Å². The first-order chi connectivity index (χ1) is 9.26. The predicted molar refractivity (Wildman–Crippen MR) is 78.1 cm³/mol. The molecule has 1 aliphatic rings. The highest BCUT2D eigenvalue weighted by molar-refractivity contribution is 7.92. The average Bonchev–Trinajstić information content (AvgIpc) is 2.70. The maximum Gasteiger partial charge on any atom is 0.243 e. The van der Waals surface area contributed by atoms with E-state index in [4.69, 9.17) is 11.6 Å². The first-order valence-electron chi connectivity index (χ1n) is 6.24. The first kappa shape index (κ1) is 15.8. The minimum atomic E-state index is -3.69. The highest BCUT2D eigenvalue weighted by atomic mass is 35.5. The van der Waals surface area contributed by atoms with E-state index >= 15 is 0 Å². The van der Waals surface area contributed by atoms with Crippen LogP contribution in [-0.4, -0.2) is 45.2 Å². The van der Waals surface area contributed by atoms with Gasteiger partial charge in [0.1, 0.15) is 0 Å². The summed E-state index contributed by atoms with van der Waals surface area (Å²) in [4.78, 5) is 0.132. The van der Waals surface area contributed by atoms with Crippen molar-refractivity contribution < 1.29 is 16.8 Å². The number of hydrogen-bond donors (Lipinski definition) is 0. The summed E-state index contributed by atoms with van der Waals surface area (Å²) in [5.74, 6) is -0.0576. The molecule has 8 heteroatoms. The lowest BCUT2D eigenvalue weighted by atomic mass is 10.3. The average molecular weight is 338 g/mol. The minimum Gasteiger partial charge on any atom is -0.229 e. The Morgan fingerprint density at radius 1 is 1.30 bits per heavy atom. The van der Waals surface area contributed by atoms with Crippen LogP contribution in [0.2, 0.25) is 5.02 Å². The van der Waals surface area contributed by atoms with Crippen molar-refractivity contribution in [2.45, 2.75) is 24.3 Å². The fraction of sp³-hybridized carbons (Fsp3) is 0.500. The standard InChI is InChI=1S/C12H16ClNO4S2/c1-2-14(11-7-8-19(15,16)9-11)20(17,18)12-5-3-10(13)4-6-12/h3-6,11H,2,7-9H2,1H3. The molecule has 0 aliphatic carbocycles. The van der Waals surface area contributed by atoms with Gasteiger partial charge in [-0.05, 0) is 30.7 Å². The third-order valence-electron chi connectivity index (χ3n) is 3.35. The van der Waals surface area contributed by atoms with Gasteiger partial charge in [-0.25, -0.2) is 16.8 Å². The van der Waals surface area contributed by atoms with E-state index in [1.54, 1.807) is 6.92 Å². The molecular formula is C12H16ClNO4S2. The van der Waals surface area contributed by atoms with Gasteiger partial charge < -0.3 is 0 Å². The number of halogens is 1. The molecule has 0 N–H and O–H groups in total. The SMILES string of the molecule is CCN(C1CCS(=O)(=O)C1)S(=O)(=O)c1ccc(Cl)cc1. The maximum atomic E-state index is 12.6. The summed E-state index contributed by atoms with van der Waals surface area (Å²) < 4.78 is 49.4. The number of hydrogen-bond acceptors (Lipinski definition) is 4. The zero-order valence-electron chi connectivity index (χ0n) is 11.0. The third-order valence-corrected chi connectivity index (χ3v) is 7.39. The van der Waals surface area contributed by atoms with Crippen molar-refractivity contribution in [3.05, 3.63) is 29.3 Å². The molecule has 0 bridgehead atoms. The van der Waals surface area contributed by atoms with Crippen molar-refractivity contribution in [1.29, 1.82) is 0 Å². The highest BCUT2D eigenvalue weighted by Gasteiger charge is 2.37. The number of sulfonamides is 1. The van der Waals surface area contributed by atoms with Crippen LogP contribution in [0.4, 0.5) is 0 Å². The van der Waals surface area contributed by atoms with Gasteiger partial charge in [0.25, 0.3) is 0 Å². The van der Waals surface area contributed by atoms with E-state index in [0.29, 0.717) is 11.4 Å². The van der Waals surface area contributed by atoms with Gasteiger partial charge >= 0.3 is 0 Å². The number of sulfone groups is 1. The Kier molecular flexibility index (Phi) is 4.44. The van der Waals surface area contributed by atoms with Crippen LogP contribution in [0, 0.1) is 0 Å². The van der Waals surface area contributed by atoms with Gasteiger partial charge in [0.05, 0.1) is 16.4 Å². The van der Waals surface area contributed by atoms with Gasteiger partial charge in [0, 0.05) is 17.6 Å². The monoisotopic (exact) mass is 337 g/mol. The lowest BCUT2D eigenvalue weighted by molar-refractivity contribution is 0.354. The Morgan fingerprint density at radius 2 is 1.90 bits per heavy atom. The van der Waals surface area contributed by atoms with Crippen LogP contribution in [0.1, 0.15) is 13.3 Å². The molecular weight excluding hydrogens is 322 g/mol. The molecule has 1 saturated heterocycles. The fourth-order valence-corrected chi connectivity index (χ4v) is 5.98. The zero-order valence-corrected chi connectivity index (χ0v) is 13.4. The quantitative estimate of drug-likeness (QED) is 0.835. The van der Waals surface area contributed by atoms with Crippen LogP contribution in [0.3, 0.4) is 0 Å². The molecule has 1 atom stereocenters. The normalized spacial score (nSPS) is 22.2. The molecule has 1 aliphatic heterocycles. The fourth-order valence-electron chi connectivity index (χ4n) is 2.37. The van der Waals surface area contributed by atoms with Gasteiger partial charge in [0.15, 0.2) is 9.84 Å². The summed E-state index contributed by atoms with van der Waals surface area (Å²) >= 11 is 5.75. The van der Waals surface area contributed by atoms with Gasteiger partial charge in [0.2, 0.25) is 10.0 Å². The lowest BCUT2D eigenvalue weighted by Gasteiger charge is -2.25. The zero-order chi connectivity index (χ0) is 15.0. The second-order valence-corrected chi connectivity index (χ2v) is 9.27. The van der Waals surface area contributed by atoms with E-state index in [2.05, 4.69) is 0 Å². The molecule has 20 heavy (non-hydrogen) atoms. The molecule has 1 fully saturated rings. The Labute approximate surface area is 124 Å². The molecule has 0 spiro atoms. The molecule has 112 valence electrons. The molecule has 0 radical (unpaired) electrons. The van der Waals surface area contributed by atoms with Crippen molar-refractivity contribution in [3.63, 3.8) is 0 Å². The van der Waals surface area contributed by atoms with Crippen LogP contribution in [0.5, 0.6) is 0 Å². The smallest absolute Gasteiger partial charge is 0.229 e. The van der Waals surface area contributed by atoms with Crippen LogP contribution in [-0.2, 0) is 19.9 Å². The van der Waals surface area contributed by atoms with Crippen molar-refractivity contribution >= 4 is 31.5 Å².